The van der Waals surface area contributed by atoms with Gasteiger partial charge in [0, 0.05) is 26.2 Å². The van der Waals surface area contributed by atoms with E-state index in [1.165, 1.54) is 0 Å². The van der Waals surface area contributed by atoms with E-state index in [0.717, 1.165) is 0 Å². The summed E-state index contributed by atoms with van der Waals surface area (Å²) in [6.45, 7) is 8.05. The number of halogens is 2. The molecule has 1 atom stereocenters. The van der Waals surface area contributed by atoms with Gasteiger partial charge in [-0.15, -0.1) is 0 Å². The molecule has 0 saturated carbocycles. The molecule has 1 fully saturated rings. The predicted molar refractivity (Wildman–Crippen MR) is 106 cm³/mol. The van der Waals surface area contributed by atoms with Gasteiger partial charge in [0.25, 0.3) is 5.91 Å². The molecule has 0 bridgehead atoms. The molecule has 1 heterocycles. The Labute approximate surface area is 170 Å². The Morgan fingerprint density at radius 1 is 1.07 bits per heavy atom. The van der Waals surface area contributed by atoms with Gasteiger partial charge in [-0.25, -0.2) is 4.79 Å². The maximum Gasteiger partial charge on any atom is 0.409 e. The lowest BCUT2D eigenvalue weighted by Crippen LogP contribution is -2.43. The summed E-state index contributed by atoms with van der Waals surface area (Å²) in [5.74, 6) is 0.512. The van der Waals surface area contributed by atoms with Crippen LogP contribution in [0.2, 0.25) is 10.0 Å². The second-order valence-corrected chi connectivity index (χ2v) is 7.73. The summed E-state index contributed by atoms with van der Waals surface area (Å²) in [6.07, 6.45) is -0.346. The maximum atomic E-state index is 12.7. The Balaban J connectivity index is 1.91. The zero-order valence-electron chi connectivity index (χ0n) is 15.9. The fourth-order valence-electron chi connectivity index (χ4n) is 2.72. The maximum absolute atomic E-state index is 12.7. The van der Waals surface area contributed by atoms with Crippen molar-refractivity contribution in [2.24, 2.45) is 5.92 Å². The monoisotopic (exact) mass is 416 g/mol. The van der Waals surface area contributed by atoms with Gasteiger partial charge in [-0.05, 0) is 31.4 Å². The molecule has 1 unspecified atom stereocenters. The molecule has 0 spiro atoms. The highest BCUT2D eigenvalue weighted by Gasteiger charge is 2.27. The van der Waals surface area contributed by atoms with E-state index < -0.39 is 6.10 Å². The van der Waals surface area contributed by atoms with E-state index in [1.807, 2.05) is 13.8 Å². The first-order valence-electron chi connectivity index (χ1n) is 9.10. The van der Waals surface area contributed by atoms with Crippen LogP contribution < -0.4 is 4.74 Å². The number of hydrogen-bond acceptors (Lipinski definition) is 4. The Kier molecular flexibility index (Phi) is 8.05. The molecule has 1 aliphatic heterocycles. The molecular weight excluding hydrogens is 391 g/mol. The third-order valence-electron chi connectivity index (χ3n) is 4.17. The fourth-order valence-corrected chi connectivity index (χ4v) is 3.06. The largest absolute Gasteiger partial charge is 0.479 e. The molecule has 1 aromatic rings. The van der Waals surface area contributed by atoms with Crippen molar-refractivity contribution in [3.63, 3.8) is 0 Å². The van der Waals surface area contributed by atoms with Crippen molar-refractivity contribution >= 4 is 35.2 Å². The summed E-state index contributed by atoms with van der Waals surface area (Å²) in [7, 11) is 0. The minimum absolute atomic E-state index is 0.150. The average molecular weight is 417 g/mol. The summed E-state index contributed by atoms with van der Waals surface area (Å²) < 4.78 is 11.0. The van der Waals surface area contributed by atoms with Crippen LogP contribution in [0.1, 0.15) is 27.2 Å². The number of amides is 2. The van der Waals surface area contributed by atoms with Crippen LogP contribution in [0.25, 0.3) is 0 Å². The molecule has 2 rings (SSSR count). The predicted octanol–water partition coefficient (Wildman–Crippen LogP) is 4.09. The second kappa shape index (κ2) is 10.0. The normalized spacial score (nSPS) is 16.1. The minimum atomic E-state index is -0.708. The SMILES string of the molecule is CC(C)COC(=O)N1CCCN(C(=O)C(C)Oc2cccc(Cl)c2Cl)CC1. The van der Waals surface area contributed by atoms with Crippen molar-refractivity contribution < 1.29 is 19.1 Å². The number of nitrogens with zero attached hydrogens (tertiary/aromatic N) is 2. The molecule has 6 nitrogen and oxygen atoms in total. The Bertz CT molecular complexity index is 669. The first kappa shape index (κ1) is 21.6. The second-order valence-electron chi connectivity index (χ2n) is 6.95. The summed E-state index contributed by atoms with van der Waals surface area (Å²) in [5, 5.41) is 0.660. The molecule has 1 aromatic carbocycles. The van der Waals surface area contributed by atoms with Crippen LogP contribution >= 0.6 is 23.2 Å². The van der Waals surface area contributed by atoms with Crippen LogP contribution in [0.5, 0.6) is 5.75 Å². The molecule has 0 radical (unpaired) electrons. The minimum Gasteiger partial charge on any atom is -0.479 e. The number of carbonyl (C=O) groups is 2. The fraction of sp³-hybridized carbons (Fsp3) is 0.579. The molecule has 1 aliphatic rings. The van der Waals surface area contributed by atoms with E-state index in [4.69, 9.17) is 32.7 Å². The van der Waals surface area contributed by atoms with Crippen molar-refractivity contribution in [1.29, 1.82) is 0 Å². The van der Waals surface area contributed by atoms with Crippen molar-refractivity contribution in [2.45, 2.75) is 33.3 Å². The number of hydrogen-bond donors (Lipinski definition) is 0. The topological polar surface area (TPSA) is 59.1 Å². The number of carbonyl (C=O) groups excluding carboxylic acids is 2. The van der Waals surface area contributed by atoms with E-state index in [-0.39, 0.29) is 22.9 Å². The molecule has 0 aromatic heterocycles. The summed E-state index contributed by atoms with van der Waals surface area (Å²) >= 11 is 12.1. The zero-order valence-corrected chi connectivity index (χ0v) is 17.4. The average Bonchev–Trinajstić information content (AvgIpc) is 2.89. The smallest absolute Gasteiger partial charge is 0.409 e. The lowest BCUT2D eigenvalue weighted by molar-refractivity contribution is -0.137. The molecule has 8 heteroatoms. The van der Waals surface area contributed by atoms with Gasteiger partial charge in [0.2, 0.25) is 0 Å². The van der Waals surface area contributed by atoms with Crippen molar-refractivity contribution in [1.82, 2.24) is 9.80 Å². The Morgan fingerprint density at radius 3 is 2.44 bits per heavy atom. The Hall–Kier alpha value is -1.66. The molecule has 1 saturated heterocycles. The molecule has 0 N–H and O–H groups in total. The highest BCUT2D eigenvalue weighted by molar-refractivity contribution is 6.42. The van der Waals surface area contributed by atoms with E-state index in [9.17, 15) is 9.59 Å². The summed E-state index contributed by atoms with van der Waals surface area (Å²) in [5.41, 5.74) is 0. The van der Waals surface area contributed by atoms with E-state index in [1.54, 1.807) is 34.9 Å². The lowest BCUT2D eigenvalue weighted by Gasteiger charge is -2.25. The summed E-state index contributed by atoms with van der Waals surface area (Å²) in [6, 6.07) is 5.05. The lowest BCUT2D eigenvalue weighted by atomic mass is 10.2. The van der Waals surface area contributed by atoms with Crippen LogP contribution in [0, 0.1) is 5.92 Å². The van der Waals surface area contributed by atoms with Crippen molar-refractivity contribution in [2.75, 3.05) is 32.8 Å². The van der Waals surface area contributed by atoms with Gasteiger partial charge in [0.05, 0.1) is 11.6 Å². The van der Waals surface area contributed by atoms with Crippen molar-refractivity contribution in [3.05, 3.63) is 28.2 Å². The first-order valence-corrected chi connectivity index (χ1v) is 9.86. The highest BCUT2D eigenvalue weighted by Crippen LogP contribution is 2.32. The van der Waals surface area contributed by atoms with Gasteiger partial charge in [0.1, 0.15) is 10.8 Å². The number of benzene rings is 1. The number of rotatable bonds is 5. The summed E-state index contributed by atoms with van der Waals surface area (Å²) in [4.78, 5) is 28.2. The van der Waals surface area contributed by atoms with Gasteiger partial charge in [-0.2, -0.15) is 0 Å². The van der Waals surface area contributed by atoms with Crippen LogP contribution in [0.4, 0.5) is 4.79 Å². The van der Waals surface area contributed by atoms with Gasteiger partial charge >= 0.3 is 6.09 Å². The third kappa shape index (κ3) is 6.18. The van der Waals surface area contributed by atoms with E-state index >= 15 is 0 Å². The standard InChI is InChI=1S/C19H26Cl2N2O4/c1-13(2)12-26-19(25)23-9-5-8-22(10-11-23)18(24)14(3)27-16-7-4-6-15(20)17(16)21/h4,6-7,13-14H,5,8-12H2,1-3H3. The van der Waals surface area contributed by atoms with E-state index in [2.05, 4.69) is 0 Å². The first-order chi connectivity index (χ1) is 12.8. The third-order valence-corrected chi connectivity index (χ3v) is 4.98. The quantitative estimate of drug-likeness (QED) is 0.724. The zero-order chi connectivity index (χ0) is 20.0. The molecule has 2 amide bonds. The molecule has 0 aliphatic carbocycles. The van der Waals surface area contributed by atoms with Crippen LogP contribution in [-0.2, 0) is 9.53 Å². The molecular formula is C19H26Cl2N2O4. The van der Waals surface area contributed by atoms with Gasteiger partial charge < -0.3 is 19.3 Å². The van der Waals surface area contributed by atoms with Crippen LogP contribution in [0.15, 0.2) is 18.2 Å². The van der Waals surface area contributed by atoms with Crippen LogP contribution in [0.3, 0.4) is 0 Å². The Morgan fingerprint density at radius 2 is 1.74 bits per heavy atom. The van der Waals surface area contributed by atoms with Gasteiger partial charge in [-0.1, -0.05) is 43.1 Å². The molecule has 27 heavy (non-hydrogen) atoms. The van der Waals surface area contributed by atoms with Gasteiger partial charge in [0.15, 0.2) is 6.10 Å². The highest BCUT2D eigenvalue weighted by atomic mass is 35.5. The molecule has 150 valence electrons. The van der Waals surface area contributed by atoms with E-state index in [0.29, 0.717) is 50.0 Å². The van der Waals surface area contributed by atoms with Crippen LogP contribution in [-0.4, -0.2) is 60.7 Å². The van der Waals surface area contributed by atoms with Gasteiger partial charge in [-0.3, -0.25) is 4.79 Å². The van der Waals surface area contributed by atoms with Crippen molar-refractivity contribution in [3.8, 4) is 5.75 Å². The number of ether oxygens (including phenoxy) is 2.